The molecule has 0 bridgehead atoms. The fourth-order valence-electron chi connectivity index (χ4n) is 2.70. The van der Waals surface area contributed by atoms with Crippen LogP contribution in [0.1, 0.15) is 18.6 Å². The van der Waals surface area contributed by atoms with Crippen molar-refractivity contribution < 1.29 is 17.3 Å². The topological polar surface area (TPSA) is 84.2 Å². The lowest BCUT2D eigenvalue weighted by molar-refractivity contribution is 0.403. The summed E-state index contributed by atoms with van der Waals surface area (Å²) in [6.07, 6.45) is 1.19. The van der Waals surface area contributed by atoms with E-state index in [4.69, 9.17) is 16.1 Å². The number of benzene rings is 2. The van der Waals surface area contributed by atoms with E-state index in [0.717, 1.165) is 3.57 Å². The standard InChI is InChI=1S/C17H14ClFIN3O3S/c1-8-11-7-14(23-27(24,25)10-3-4-10)17(15(19)16(11)22-26-8)21-13-5-2-9(20)6-12(13)18/h2,5-7,10,21,23H,3-4H2,1H3. The first-order valence-electron chi connectivity index (χ1n) is 8.08. The summed E-state index contributed by atoms with van der Waals surface area (Å²) >= 11 is 8.35. The minimum atomic E-state index is -3.59. The van der Waals surface area contributed by atoms with E-state index in [1.807, 2.05) is 0 Å². The molecule has 0 aliphatic heterocycles. The molecule has 1 aliphatic carbocycles. The average molecular weight is 522 g/mol. The van der Waals surface area contributed by atoms with Crippen molar-refractivity contribution in [1.82, 2.24) is 5.16 Å². The van der Waals surface area contributed by atoms with Gasteiger partial charge in [0.2, 0.25) is 10.0 Å². The van der Waals surface area contributed by atoms with Gasteiger partial charge in [-0.1, -0.05) is 16.8 Å². The van der Waals surface area contributed by atoms with Gasteiger partial charge in [0.25, 0.3) is 0 Å². The van der Waals surface area contributed by atoms with E-state index in [1.54, 1.807) is 25.1 Å². The molecule has 27 heavy (non-hydrogen) atoms. The largest absolute Gasteiger partial charge is 0.360 e. The smallest absolute Gasteiger partial charge is 0.235 e. The van der Waals surface area contributed by atoms with E-state index < -0.39 is 21.1 Å². The fraction of sp³-hybridized carbons (Fsp3) is 0.235. The first-order valence-corrected chi connectivity index (χ1v) is 11.1. The molecule has 142 valence electrons. The summed E-state index contributed by atoms with van der Waals surface area (Å²) in [5, 5.41) is 6.98. The molecule has 0 unspecified atom stereocenters. The minimum Gasteiger partial charge on any atom is -0.360 e. The molecule has 0 saturated heterocycles. The van der Waals surface area contributed by atoms with Crippen molar-refractivity contribution in [1.29, 1.82) is 0 Å². The average Bonchev–Trinajstić information content (AvgIpc) is 3.39. The van der Waals surface area contributed by atoms with Gasteiger partial charge in [-0.3, -0.25) is 4.72 Å². The molecule has 1 heterocycles. The molecule has 4 rings (SSSR count). The third-order valence-electron chi connectivity index (χ3n) is 4.30. The van der Waals surface area contributed by atoms with E-state index in [2.05, 4.69) is 37.8 Å². The number of hydrogen-bond acceptors (Lipinski definition) is 5. The zero-order valence-corrected chi connectivity index (χ0v) is 17.7. The van der Waals surface area contributed by atoms with Gasteiger partial charge in [0, 0.05) is 8.96 Å². The Labute approximate surface area is 173 Å². The maximum absolute atomic E-state index is 15.2. The van der Waals surface area contributed by atoms with Crippen molar-refractivity contribution >= 4 is 72.2 Å². The number of halogens is 3. The van der Waals surface area contributed by atoms with Crippen LogP contribution in [0.2, 0.25) is 5.02 Å². The number of nitrogens with one attached hydrogen (secondary N) is 2. The normalized spacial score (nSPS) is 14.5. The van der Waals surface area contributed by atoms with Crippen molar-refractivity contribution in [2.45, 2.75) is 25.0 Å². The summed E-state index contributed by atoms with van der Waals surface area (Å²) in [6.45, 7) is 1.64. The van der Waals surface area contributed by atoms with Gasteiger partial charge in [0.05, 0.1) is 21.6 Å². The molecule has 1 aliphatic rings. The molecule has 1 saturated carbocycles. The number of anilines is 3. The summed E-state index contributed by atoms with van der Waals surface area (Å²) in [5.74, 6) is -0.318. The lowest BCUT2D eigenvalue weighted by Gasteiger charge is -2.16. The van der Waals surface area contributed by atoms with E-state index in [0.29, 0.717) is 34.7 Å². The molecule has 10 heteroatoms. The predicted molar refractivity (Wildman–Crippen MR) is 112 cm³/mol. The molecular formula is C17H14ClFIN3O3S. The molecule has 0 atom stereocenters. The molecule has 2 N–H and O–H groups in total. The first kappa shape index (κ1) is 18.8. The van der Waals surface area contributed by atoms with Crippen LogP contribution in [0.4, 0.5) is 21.5 Å². The molecule has 3 aromatic rings. The van der Waals surface area contributed by atoms with E-state index >= 15 is 4.39 Å². The predicted octanol–water partition coefficient (Wildman–Crippen LogP) is 5.18. The number of sulfonamides is 1. The monoisotopic (exact) mass is 521 g/mol. The van der Waals surface area contributed by atoms with Crippen LogP contribution < -0.4 is 10.0 Å². The summed E-state index contributed by atoms with van der Waals surface area (Å²) in [6, 6.07) is 6.74. The Balaban J connectivity index is 1.85. The number of rotatable bonds is 5. The van der Waals surface area contributed by atoms with Gasteiger partial charge in [-0.25, -0.2) is 12.8 Å². The lowest BCUT2D eigenvalue weighted by Crippen LogP contribution is -2.18. The van der Waals surface area contributed by atoms with Gasteiger partial charge in [-0.05, 0) is 66.6 Å². The van der Waals surface area contributed by atoms with Crippen molar-refractivity contribution in [3.05, 3.63) is 44.4 Å². The zero-order valence-electron chi connectivity index (χ0n) is 14.0. The minimum absolute atomic E-state index is 0.0194. The highest BCUT2D eigenvalue weighted by molar-refractivity contribution is 14.1. The van der Waals surface area contributed by atoms with Crippen LogP contribution in [0, 0.1) is 16.3 Å². The Kier molecular flexibility index (Phi) is 4.71. The second kappa shape index (κ2) is 6.78. The molecule has 2 aromatic carbocycles. The number of aromatic nitrogens is 1. The van der Waals surface area contributed by atoms with Crippen molar-refractivity contribution in [2.24, 2.45) is 0 Å². The van der Waals surface area contributed by atoms with E-state index in [9.17, 15) is 8.42 Å². The van der Waals surface area contributed by atoms with Crippen LogP contribution in [0.5, 0.6) is 0 Å². The molecule has 0 amide bonds. The Hall–Kier alpha value is -1.59. The van der Waals surface area contributed by atoms with Gasteiger partial charge in [0.15, 0.2) is 11.3 Å². The molecule has 1 fully saturated rings. The second-order valence-electron chi connectivity index (χ2n) is 6.34. The number of hydrogen-bond donors (Lipinski definition) is 2. The van der Waals surface area contributed by atoms with Crippen molar-refractivity contribution in [2.75, 3.05) is 10.0 Å². The van der Waals surface area contributed by atoms with Gasteiger partial charge < -0.3 is 9.84 Å². The van der Waals surface area contributed by atoms with E-state index in [-0.39, 0.29) is 16.9 Å². The molecule has 0 spiro atoms. The van der Waals surface area contributed by atoms with Crippen LogP contribution in [0.15, 0.2) is 28.8 Å². The van der Waals surface area contributed by atoms with Crippen LogP contribution >= 0.6 is 34.2 Å². The molecule has 0 radical (unpaired) electrons. The third-order valence-corrected chi connectivity index (χ3v) is 7.14. The Morgan fingerprint density at radius 3 is 2.70 bits per heavy atom. The Morgan fingerprint density at radius 1 is 1.30 bits per heavy atom. The second-order valence-corrected chi connectivity index (χ2v) is 9.96. The summed E-state index contributed by atoms with van der Waals surface area (Å²) in [5.41, 5.74) is 0.504. The highest BCUT2D eigenvalue weighted by Crippen LogP contribution is 2.39. The van der Waals surface area contributed by atoms with Gasteiger partial charge in [-0.15, -0.1) is 0 Å². The van der Waals surface area contributed by atoms with Crippen molar-refractivity contribution in [3.63, 3.8) is 0 Å². The molecule has 1 aromatic heterocycles. The SMILES string of the molecule is Cc1onc2c(F)c(Nc3ccc(I)cc3Cl)c(NS(=O)(=O)C3CC3)cc12. The number of nitrogens with zero attached hydrogens (tertiary/aromatic N) is 1. The lowest BCUT2D eigenvalue weighted by atomic mass is 10.1. The van der Waals surface area contributed by atoms with Gasteiger partial charge in [-0.2, -0.15) is 0 Å². The van der Waals surface area contributed by atoms with Crippen molar-refractivity contribution in [3.8, 4) is 0 Å². The highest BCUT2D eigenvalue weighted by Gasteiger charge is 2.36. The van der Waals surface area contributed by atoms with Crippen LogP contribution in [-0.2, 0) is 10.0 Å². The first-order chi connectivity index (χ1) is 12.8. The van der Waals surface area contributed by atoms with Crippen LogP contribution in [0.25, 0.3) is 10.9 Å². The zero-order chi connectivity index (χ0) is 19.3. The fourth-order valence-corrected chi connectivity index (χ4v) is 5.00. The molecular weight excluding hydrogens is 508 g/mol. The Bertz CT molecular complexity index is 1160. The maximum Gasteiger partial charge on any atom is 0.235 e. The van der Waals surface area contributed by atoms with Gasteiger partial charge >= 0.3 is 0 Å². The maximum atomic E-state index is 15.2. The van der Waals surface area contributed by atoms with Crippen LogP contribution in [-0.4, -0.2) is 18.8 Å². The highest BCUT2D eigenvalue weighted by atomic mass is 127. The van der Waals surface area contributed by atoms with Crippen LogP contribution in [0.3, 0.4) is 0 Å². The quantitative estimate of drug-likeness (QED) is 0.452. The summed E-state index contributed by atoms with van der Waals surface area (Å²) < 4.78 is 48.5. The number of fused-ring (bicyclic) bond motifs is 1. The Morgan fingerprint density at radius 2 is 2.04 bits per heavy atom. The molecule has 6 nitrogen and oxygen atoms in total. The third kappa shape index (κ3) is 3.59. The van der Waals surface area contributed by atoms with Gasteiger partial charge in [0.1, 0.15) is 11.4 Å². The summed E-state index contributed by atoms with van der Waals surface area (Å²) in [7, 11) is -3.59. The van der Waals surface area contributed by atoms with E-state index in [1.165, 1.54) is 6.07 Å². The summed E-state index contributed by atoms with van der Waals surface area (Å²) in [4.78, 5) is 0. The number of aryl methyl sites for hydroxylation is 1.